The minimum absolute atomic E-state index is 0.121. The normalized spacial score (nSPS) is 16.4. The quantitative estimate of drug-likeness (QED) is 0.882. The molecule has 21 heavy (non-hydrogen) atoms. The molecule has 5 heteroatoms. The molecule has 3 rings (SSSR count). The number of nitrogens with one attached hydrogen (secondary N) is 1. The van der Waals surface area contributed by atoms with Crippen molar-refractivity contribution in [2.75, 3.05) is 0 Å². The number of amides is 1. The lowest BCUT2D eigenvalue weighted by molar-refractivity contribution is 0.0928. The van der Waals surface area contributed by atoms with E-state index in [0.717, 1.165) is 18.5 Å². The zero-order valence-corrected chi connectivity index (χ0v) is 12.0. The molecule has 0 radical (unpaired) electrons. The Morgan fingerprint density at radius 2 is 1.81 bits per heavy atom. The Balaban J connectivity index is 1.66. The maximum atomic E-state index is 12.2. The molecule has 0 aliphatic heterocycles. The third kappa shape index (κ3) is 3.48. The Morgan fingerprint density at radius 1 is 1.10 bits per heavy atom. The molecule has 1 N–H and O–H groups in total. The lowest BCUT2D eigenvalue weighted by Crippen LogP contribution is -2.34. The van der Waals surface area contributed by atoms with E-state index in [-0.39, 0.29) is 11.9 Å². The summed E-state index contributed by atoms with van der Waals surface area (Å²) in [6.45, 7) is 0. The summed E-state index contributed by atoms with van der Waals surface area (Å²) >= 11 is 0. The van der Waals surface area contributed by atoms with E-state index in [2.05, 4.69) is 15.6 Å². The molecule has 0 unspecified atom stereocenters. The van der Waals surface area contributed by atoms with Gasteiger partial charge in [-0.2, -0.15) is 0 Å². The molecular formula is C16H20N4O. The van der Waals surface area contributed by atoms with Gasteiger partial charge in [0.05, 0.1) is 11.9 Å². The third-order valence-electron chi connectivity index (χ3n) is 3.94. The largest absolute Gasteiger partial charge is 0.348 e. The summed E-state index contributed by atoms with van der Waals surface area (Å²) in [5, 5.41) is 11.1. The average Bonchev–Trinajstić information content (AvgIpc) is 2.88. The van der Waals surface area contributed by atoms with Crippen molar-refractivity contribution in [3.8, 4) is 5.69 Å². The van der Waals surface area contributed by atoms with Crippen LogP contribution in [0.2, 0.25) is 0 Å². The van der Waals surface area contributed by atoms with E-state index in [1.807, 2.05) is 30.3 Å². The Bertz CT molecular complexity index is 585. The van der Waals surface area contributed by atoms with Gasteiger partial charge in [-0.15, -0.1) is 5.10 Å². The van der Waals surface area contributed by atoms with Gasteiger partial charge in [0, 0.05) is 6.04 Å². The van der Waals surface area contributed by atoms with Crippen molar-refractivity contribution in [2.24, 2.45) is 0 Å². The van der Waals surface area contributed by atoms with Crippen molar-refractivity contribution >= 4 is 5.91 Å². The maximum absolute atomic E-state index is 12.2. The van der Waals surface area contributed by atoms with Crippen LogP contribution in [0.4, 0.5) is 0 Å². The van der Waals surface area contributed by atoms with Crippen LogP contribution in [0.3, 0.4) is 0 Å². The van der Waals surface area contributed by atoms with Gasteiger partial charge in [0.1, 0.15) is 0 Å². The van der Waals surface area contributed by atoms with Gasteiger partial charge in [-0.1, -0.05) is 49.1 Å². The fourth-order valence-electron chi connectivity index (χ4n) is 2.76. The summed E-state index contributed by atoms with van der Waals surface area (Å²) < 4.78 is 1.63. The van der Waals surface area contributed by atoms with Gasteiger partial charge in [0.15, 0.2) is 5.69 Å². The minimum Gasteiger partial charge on any atom is -0.348 e. The molecule has 1 heterocycles. The highest BCUT2D eigenvalue weighted by atomic mass is 16.2. The van der Waals surface area contributed by atoms with Crippen LogP contribution in [-0.2, 0) is 0 Å². The van der Waals surface area contributed by atoms with Crippen LogP contribution < -0.4 is 5.32 Å². The molecular weight excluding hydrogens is 264 g/mol. The van der Waals surface area contributed by atoms with Crippen molar-refractivity contribution < 1.29 is 4.79 Å². The monoisotopic (exact) mass is 284 g/mol. The van der Waals surface area contributed by atoms with Crippen molar-refractivity contribution in [3.63, 3.8) is 0 Å². The molecule has 1 saturated carbocycles. The Labute approximate surface area is 124 Å². The van der Waals surface area contributed by atoms with Crippen molar-refractivity contribution in [3.05, 3.63) is 42.2 Å². The van der Waals surface area contributed by atoms with Crippen molar-refractivity contribution in [1.82, 2.24) is 20.3 Å². The number of hydrogen-bond acceptors (Lipinski definition) is 3. The highest BCUT2D eigenvalue weighted by Crippen LogP contribution is 2.17. The topological polar surface area (TPSA) is 59.8 Å². The van der Waals surface area contributed by atoms with E-state index < -0.39 is 0 Å². The van der Waals surface area contributed by atoms with Crippen LogP contribution in [0.1, 0.15) is 49.0 Å². The standard InChI is InChI=1S/C16H20N4O/c21-16(17-13-8-4-1-2-5-9-13)15-12-20(19-18-15)14-10-6-3-7-11-14/h3,6-7,10-13H,1-2,4-5,8-9H2,(H,17,21). The van der Waals surface area contributed by atoms with Gasteiger partial charge in [0.2, 0.25) is 0 Å². The summed E-state index contributed by atoms with van der Waals surface area (Å²) in [6, 6.07) is 9.95. The van der Waals surface area contributed by atoms with Crippen LogP contribution >= 0.6 is 0 Å². The molecule has 0 atom stereocenters. The maximum Gasteiger partial charge on any atom is 0.273 e. The van der Waals surface area contributed by atoms with E-state index in [4.69, 9.17) is 0 Å². The Hall–Kier alpha value is -2.17. The molecule has 1 aromatic carbocycles. The first kappa shape index (κ1) is 13.8. The molecule has 110 valence electrons. The van der Waals surface area contributed by atoms with Crippen LogP contribution in [0.5, 0.6) is 0 Å². The Kier molecular flexibility index (Phi) is 4.28. The van der Waals surface area contributed by atoms with E-state index in [9.17, 15) is 4.79 Å². The van der Waals surface area contributed by atoms with E-state index in [1.165, 1.54) is 25.7 Å². The zero-order chi connectivity index (χ0) is 14.5. The van der Waals surface area contributed by atoms with E-state index in [0.29, 0.717) is 5.69 Å². The SMILES string of the molecule is O=C(NC1CCCCCC1)c1cn(-c2ccccc2)nn1. The number of carbonyl (C=O) groups excluding carboxylic acids is 1. The molecule has 1 aromatic heterocycles. The minimum atomic E-state index is -0.121. The smallest absolute Gasteiger partial charge is 0.273 e. The van der Waals surface area contributed by atoms with Crippen LogP contribution in [-0.4, -0.2) is 26.9 Å². The van der Waals surface area contributed by atoms with Crippen molar-refractivity contribution in [1.29, 1.82) is 0 Å². The van der Waals surface area contributed by atoms with Gasteiger partial charge in [0.25, 0.3) is 5.91 Å². The second-order valence-electron chi connectivity index (χ2n) is 5.55. The molecule has 1 fully saturated rings. The fraction of sp³-hybridized carbons (Fsp3) is 0.438. The second-order valence-corrected chi connectivity index (χ2v) is 5.55. The lowest BCUT2D eigenvalue weighted by atomic mass is 10.1. The number of carbonyl (C=O) groups is 1. The molecule has 0 bridgehead atoms. The highest BCUT2D eigenvalue weighted by molar-refractivity contribution is 5.92. The molecule has 0 saturated heterocycles. The summed E-state index contributed by atoms with van der Waals surface area (Å²) in [7, 11) is 0. The number of aromatic nitrogens is 3. The predicted molar refractivity (Wildman–Crippen MR) is 80.3 cm³/mol. The second kappa shape index (κ2) is 6.52. The van der Waals surface area contributed by atoms with Crippen LogP contribution in [0.25, 0.3) is 5.69 Å². The number of nitrogens with zero attached hydrogens (tertiary/aromatic N) is 3. The lowest BCUT2D eigenvalue weighted by Gasteiger charge is -2.14. The zero-order valence-electron chi connectivity index (χ0n) is 12.0. The van der Waals surface area contributed by atoms with Gasteiger partial charge in [-0.25, -0.2) is 4.68 Å². The number of para-hydroxylation sites is 1. The van der Waals surface area contributed by atoms with E-state index >= 15 is 0 Å². The summed E-state index contributed by atoms with van der Waals surface area (Å²) in [4.78, 5) is 12.2. The van der Waals surface area contributed by atoms with Gasteiger partial charge in [-0.05, 0) is 25.0 Å². The Morgan fingerprint density at radius 3 is 2.52 bits per heavy atom. The first-order valence-corrected chi connectivity index (χ1v) is 7.61. The average molecular weight is 284 g/mol. The van der Waals surface area contributed by atoms with Crippen LogP contribution in [0.15, 0.2) is 36.5 Å². The summed E-state index contributed by atoms with van der Waals surface area (Å²) in [6.07, 6.45) is 8.76. The highest BCUT2D eigenvalue weighted by Gasteiger charge is 2.18. The van der Waals surface area contributed by atoms with Gasteiger partial charge < -0.3 is 5.32 Å². The number of rotatable bonds is 3. The first-order valence-electron chi connectivity index (χ1n) is 7.61. The van der Waals surface area contributed by atoms with Gasteiger partial charge >= 0.3 is 0 Å². The first-order chi connectivity index (χ1) is 10.3. The van der Waals surface area contributed by atoms with Gasteiger partial charge in [-0.3, -0.25) is 4.79 Å². The summed E-state index contributed by atoms with van der Waals surface area (Å²) in [5.74, 6) is -0.121. The predicted octanol–water partition coefficient (Wildman–Crippen LogP) is 2.72. The molecule has 0 spiro atoms. The molecule has 5 nitrogen and oxygen atoms in total. The molecule has 2 aromatic rings. The molecule has 1 aliphatic carbocycles. The third-order valence-corrected chi connectivity index (χ3v) is 3.94. The molecule has 1 aliphatic rings. The summed E-state index contributed by atoms with van der Waals surface area (Å²) in [5.41, 5.74) is 1.28. The van der Waals surface area contributed by atoms with Crippen molar-refractivity contribution in [2.45, 2.75) is 44.6 Å². The fourth-order valence-corrected chi connectivity index (χ4v) is 2.76. The molecule has 1 amide bonds. The van der Waals surface area contributed by atoms with Crippen LogP contribution in [0, 0.1) is 0 Å². The van der Waals surface area contributed by atoms with E-state index in [1.54, 1.807) is 10.9 Å². The number of hydrogen-bond donors (Lipinski definition) is 1. The number of benzene rings is 1.